The Labute approximate surface area is 75.8 Å². The Hall–Kier alpha value is -0.770. The average Bonchev–Trinajstić information content (AvgIpc) is 2.35. The van der Waals surface area contributed by atoms with Gasteiger partial charge in [-0.15, -0.1) is 21.5 Å². The van der Waals surface area contributed by atoms with E-state index in [1.54, 1.807) is 0 Å². The third-order valence-corrected chi connectivity index (χ3v) is 2.38. The molecule has 1 rings (SSSR count). The van der Waals surface area contributed by atoms with Crippen molar-refractivity contribution in [3.05, 3.63) is 10.0 Å². The number of carbonyl (C=O) groups is 1. The van der Waals surface area contributed by atoms with Crippen LogP contribution in [0.25, 0.3) is 0 Å². The van der Waals surface area contributed by atoms with E-state index in [0.717, 1.165) is 10.0 Å². The highest BCUT2D eigenvalue weighted by molar-refractivity contribution is 7.11. The molecule has 0 aliphatic heterocycles. The molecular weight excluding hydrogens is 172 g/mol. The molecular formula is C8H12N2OS. The summed E-state index contributed by atoms with van der Waals surface area (Å²) in [6.45, 7) is 5.69. The quantitative estimate of drug-likeness (QED) is 0.716. The zero-order valence-corrected chi connectivity index (χ0v) is 8.31. The number of carbonyl (C=O) groups excluding carboxylic acids is 1. The molecule has 0 aliphatic carbocycles. The lowest BCUT2D eigenvalue weighted by Gasteiger charge is -1.98. The zero-order valence-electron chi connectivity index (χ0n) is 7.50. The first-order chi connectivity index (χ1) is 5.59. The highest BCUT2D eigenvalue weighted by atomic mass is 32.1. The average molecular weight is 184 g/mol. The largest absolute Gasteiger partial charge is 0.299 e. The summed E-state index contributed by atoms with van der Waals surface area (Å²) in [5, 5.41) is 9.47. The molecule has 66 valence electrons. The van der Waals surface area contributed by atoms with Crippen molar-refractivity contribution >= 4 is 17.1 Å². The number of rotatable bonds is 3. The molecule has 12 heavy (non-hydrogen) atoms. The zero-order chi connectivity index (χ0) is 9.14. The van der Waals surface area contributed by atoms with Gasteiger partial charge in [0, 0.05) is 5.92 Å². The lowest BCUT2D eigenvalue weighted by molar-refractivity contribution is -0.121. The SMILES string of the molecule is Cc1nnc(CC(=O)C(C)C)s1. The van der Waals surface area contributed by atoms with Crippen LogP contribution in [0.1, 0.15) is 23.9 Å². The van der Waals surface area contributed by atoms with Gasteiger partial charge in [0.2, 0.25) is 0 Å². The predicted molar refractivity (Wildman–Crippen MR) is 48.2 cm³/mol. The molecule has 0 saturated carbocycles. The molecule has 0 aromatic carbocycles. The van der Waals surface area contributed by atoms with Crippen LogP contribution in [0.3, 0.4) is 0 Å². The molecule has 4 heteroatoms. The number of hydrogen-bond acceptors (Lipinski definition) is 4. The normalized spacial score (nSPS) is 10.7. The van der Waals surface area contributed by atoms with E-state index in [2.05, 4.69) is 10.2 Å². The van der Waals surface area contributed by atoms with Gasteiger partial charge in [0.15, 0.2) is 0 Å². The number of aryl methyl sites for hydroxylation is 1. The fourth-order valence-corrected chi connectivity index (χ4v) is 1.48. The molecule has 0 atom stereocenters. The second-order valence-electron chi connectivity index (χ2n) is 3.01. The van der Waals surface area contributed by atoms with Gasteiger partial charge in [0.25, 0.3) is 0 Å². The Bertz CT molecular complexity index is 280. The van der Waals surface area contributed by atoms with Gasteiger partial charge in [-0.25, -0.2) is 0 Å². The van der Waals surface area contributed by atoms with E-state index in [4.69, 9.17) is 0 Å². The summed E-state index contributed by atoms with van der Waals surface area (Å²) in [4.78, 5) is 11.3. The Morgan fingerprint density at radius 1 is 1.50 bits per heavy atom. The first-order valence-corrected chi connectivity index (χ1v) is 4.73. The van der Waals surface area contributed by atoms with Crippen molar-refractivity contribution in [2.75, 3.05) is 0 Å². The van der Waals surface area contributed by atoms with E-state index in [1.807, 2.05) is 20.8 Å². The molecule has 0 radical (unpaired) electrons. The van der Waals surface area contributed by atoms with Crippen molar-refractivity contribution in [1.82, 2.24) is 10.2 Å². The van der Waals surface area contributed by atoms with E-state index < -0.39 is 0 Å². The Morgan fingerprint density at radius 2 is 2.17 bits per heavy atom. The number of hydrogen-bond donors (Lipinski definition) is 0. The van der Waals surface area contributed by atoms with Crippen molar-refractivity contribution in [1.29, 1.82) is 0 Å². The lowest BCUT2D eigenvalue weighted by atomic mass is 10.1. The number of nitrogens with zero attached hydrogens (tertiary/aromatic N) is 2. The van der Waals surface area contributed by atoms with E-state index >= 15 is 0 Å². The summed E-state index contributed by atoms with van der Waals surface area (Å²) in [5.41, 5.74) is 0. The van der Waals surface area contributed by atoms with Crippen LogP contribution in [0, 0.1) is 12.8 Å². The van der Waals surface area contributed by atoms with Crippen molar-refractivity contribution in [3.8, 4) is 0 Å². The minimum atomic E-state index is 0.0919. The van der Waals surface area contributed by atoms with E-state index in [1.165, 1.54) is 11.3 Å². The maximum atomic E-state index is 11.3. The smallest absolute Gasteiger partial charge is 0.142 e. The lowest BCUT2D eigenvalue weighted by Crippen LogP contribution is -2.09. The molecule has 1 heterocycles. The number of aromatic nitrogens is 2. The third kappa shape index (κ3) is 2.37. The van der Waals surface area contributed by atoms with Crippen molar-refractivity contribution < 1.29 is 4.79 Å². The first-order valence-electron chi connectivity index (χ1n) is 3.91. The fraction of sp³-hybridized carbons (Fsp3) is 0.625. The van der Waals surface area contributed by atoms with Gasteiger partial charge >= 0.3 is 0 Å². The maximum Gasteiger partial charge on any atom is 0.142 e. The van der Waals surface area contributed by atoms with Crippen molar-refractivity contribution in [2.45, 2.75) is 27.2 Å². The van der Waals surface area contributed by atoms with E-state index in [-0.39, 0.29) is 11.7 Å². The van der Waals surface area contributed by atoms with Crippen molar-refractivity contribution in [2.24, 2.45) is 5.92 Å². The monoisotopic (exact) mass is 184 g/mol. The summed E-state index contributed by atoms with van der Waals surface area (Å²) in [6, 6.07) is 0. The molecule has 0 bridgehead atoms. The van der Waals surface area contributed by atoms with Gasteiger partial charge in [0.1, 0.15) is 15.8 Å². The molecule has 0 amide bonds. The van der Waals surface area contributed by atoms with Gasteiger partial charge in [-0.05, 0) is 6.92 Å². The van der Waals surface area contributed by atoms with Crippen LogP contribution in [-0.2, 0) is 11.2 Å². The summed E-state index contributed by atoms with van der Waals surface area (Å²) in [6.07, 6.45) is 0.434. The van der Waals surface area contributed by atoms with Crippen molar-refractivity contribution in [3.63, 3.8) is 0 Å². The topological polar surface area (TPSA) is 42.9 Å². The molecule has 0 spiro atoms. The van der Waals surface area contributed by atoms with Crippen LogP contribution >= 0.6 is 11.3 Å². The Morgan fingerprint density at radius 3 is 2.58 bits per heavy atom. The van der Waals surface area contributed by atoms with E-state index in [0.29, 0.717) is 6.42 Å². The number of ketones is 1. The molecule has 1 aromatic rings. The molecule has 1 aromatic heterocycles. The highest BCUT2D eigenvalue weighted by Crippen LogP contribution is 2.10. The molecule has 3 nitrogen and oxygen atoms in total. The summed E-state index contributed by atoms with van der Waals surface area (Å²) < 4.78 is 0. The van der Waals surface area contributed by atoms with Gasteiger partial charge < -0.3 is 0 Å². The second-order valence-corrected chi connectivity index (χ2v) is 4.28. The standard InChI is InChI=1S/C8H12N2OS/c1-5(2)7(11)4-8-10-9-6(3)12-8/h5H,4H2,1-3H3. The molecule has 0 saturated heterocycles. The predicted octanol–water partition coefficient (Wildman–Crippen LogP) is 1.61. The fourth-order valence-electron chi connectivity index (χ4n) is 0.762. The second kappa shape index (κ2) is 3.76. The van der Waals surface area contributed by atoms with Crippen LogP contribution in [-0.4, -0.2) is 16.0 Å². The Kier molecular flexibility index (Phi) is 2.92. The highest BCUT2D eigenvalue weighted by Gasteiger charge is 2.10. The molecule has 0 unspecified atom stereocenters. The summed E-state index contributed by atoms with van der Waals surface area (Å²) in [7, 11) is 0. The summed E-state index contributed by atoms with van der Waals surface area (Å²) >= 11 is 1.49. The summed E-state index contributed by atoms with van der Waals surface area (Å²) in [5.74, 6) is 0.320. The van der Waals surface area contributed by atoms with Crippen LogP contribution in [0.4, 0.5) is 0 Å². The van der Waals surface area contributed by atoms with E-state index in [9.17, 15) is 4.79 Å². The minimum absolute atomic E-state index is 0.0919. The van der Waals surface area contributed by atoms with Gasteiger partial charge in [-0.1, -0.05) is 13.8 Å². The van der Waals surface area contributed by atoms with Crippen LogP contribution < -0.4 is 0 Å². The molecule has 0 aliphatic rings. The minimum Gasteiger partial charge on any atom is -0.299 e. The number of Topliss-reactive ketones (excluding diaryl/α,β-unsaturated/α-hetero) is 1. The third-order valence-electron chi connectivity index (χ3n) is 1.54. The van der Waals surface area contributed by atoms with Gasteiger partial charge in [-0.3, -0.25) is 4.79 Å². The van der Waals surface area contributed by atoms with Crippen LogP contribution in [0.15, 0.2) is 0 Å². The van der Waals surface area contributed by atoms with Gasteiger partial charge in [-0.2, -0.15) is 0 Å². The maximum absolute atomic E-state index is 11.3. The van der Waals surface area contributed by atoms with Crippen LogP contribution in [0.2, 0.25) is 0 Å². The van der Waals surface area contributed by atoms with Crippen LogP contribution in [0.5, 0.6) is 0 Å². The first kappa shape index (κ1) is 9.32. The van der Waals surface area contributed by atoms with Gasteiger partial charge in [0.05, 0.1) is 6.42 Å². The molecule has 0 fully saturated rings. The molecule has 0 N–H and O–H groups in total. The Balaban J connectivity index is 2.58.